The number of halogens is 4. The van der Waals surface area contributed by atoms with Crippen LogP contribution in [0.25, 0.3) is 0 Å². The Bertz CT molecular complexity index is 1320. The first kappa shape index (κ1) is 29.3. The Morgan fingerprint density at radius 2 is 1.68 bits per heavy atom. The van der Waals surface area contributed by atoms with Crippen LogP contribution in [-0.4, -0.2) is 72.3 Å². The number of ether oxygens (including phenoxy) is 1. The number of rotatable bonds is 12. The summed E-state index contributed by atoms with van der Waals surface area (Å²) in [5.41, 5.74) is 1.41. The van der Waals surface area contributed by atoms with Gasteiger partial charge in [0.15, 0.2) is 6.61 Å². The van der Waals surface area contributed by atoms with E-state index in [1.54, 1.807) is 36.4 Å². The third-order valence-electron chi connectivity index (χ3n) is 6.11. The van der Waals surface area contributed by atoms with Gasteiger partial charge >= 0.3 is 12.2 Å². The summed E-state index contributed by atoms with van der Waals surface area (Å²) in [6.07, 6.45) is -2.22. The van der Waals surface area contributed by atoms with Crippen molar-refractivity contribution in [2.75, 3.05) is 51.5 Å². The lowest BCUT2D eigenvalue weighted by Crippen LogP contribution is -2.35. The first-order valence-electron chi connectivity index (χ1n) is 12.7. The van der Waals surface area contributed by atoms with Crippen molar-refractivity contribution in [3.63, 3.8) is 0 Å². The van der Waals surface area contributed by atoms with Gasteiger partial charge in [0.05, 0.1) is 33.2 Å². The van der Waals surface area contributed by atoms with Crippen molar-refractivity contribution < 1.29 is 27.5 Å². The Morgan fingerprint density at radius 1 is 1.02 bits per heavy atom. The summed E-state index contributed by atoms with van der Waals surface area (Å²) in [7, 11) is 6.23. The van der Waals surface area contributed by atoms with Gasteiger partial charge in [-0.1, -0.05) is 35.9 Å². The van der Waals surface area contributed by atoms with Crippen LogP contribution in [0.1, 0.15) is 30.4 Å². The molecule has 3 aromatic rings. The molecule has 2 aromatic carbocycles. The van der Waals surface area contributed by atoms with Crippen molar-refractivity contribution in [3.05, 3.63) is 64.7 Å². The van der Waals surface area contributed by atoms with Gasteiger partial charge in [-0.25, -0.2) is 0 Å². The zero-order valence-electron chi connectivity index (χ0n) is 22.4. The van der Waals surface area contributed by atoms with E-state index < -0.39 is 24.3 Å². The minimum Gasteiger partial charge on any atom is -0.858 e. The molecule has 4 rings (SSSR count). The highest BCUT2D eigenvalue weighted by Gasteiger charge is 2.45. The summed E-state index contributed by atoms with van der Waals surface area (Å²) in [5, 5.41) is 19.2. The van der Waals surface area contributed by atoms with Crippen molar-refractivity contribution in [2.24, 2.45) is 4.99 Å². The van der Waals surface area contributed by atoms with E-state index in [9.17, 15) is 18.3 Å². The number of nitrogens with zero attached hydrogens (tertiary/aromatic N) is 5. The summed E-state index contributed by atoms with van der Waals surface area (Å²) in [4.78, 5) is 16.5. The number of anilines is 3. The van der Waals surface area contributed by atoms with Crippen molar-refractivity contribution in [1.29, 1.82) is 0 Å². The Hall–Kier alpha value is -3.64. The van der Waals surface area contributed by atoms with Gasteiger partial charge in [0.1, 0.15) is 0 Å². The number of nitrogens with one attached hydrogen (secondary N) is 2. The summed E-state index contributed by atoms with van der Waals surface area (Å²) < 4.78 is 44.0. The molecule has 0 radical (unpaired) electrons. The summed E-state index contributed by atoms with van der Waals surface area (Å²) in [6.45, 7) is -0.210. The summed E-state index contributed by atoms with van der Waals surface area (Å²) >= 11 is 6.01. The fourth-order valence-electron chi connectivity index (χ4n) is 3.92. The molecule has 0 atom stereocenters. The topological polar surface area (TPSA) is 107 Å². The number of quaternary nitrogens is 1. The lowest BCUT2D eigenvalue weighted by molar-refractivity contribution is -0.870. The molecule has 214 valence electrons. The SMILES string of the molecule is C[N+](C)(C)CCCN=C([O-])c1ccc(Nc2nc(NC3(c4ccc(Cl)cc4)CC3)nc(OCC(F)(F)F)n2)cc1. The standard InChI is InChI=1S/C27H31ClF3N7O2/c1-38(2,3)16-4-15-32-22(39)18-5-11-21(12-6-18)33-23-34-24(36-25(35-23)40-17-27(29,30)31)37-26(13-14-26)19-7-9-20(28)10-8-19/h5-12H,4,13-17H2,1-3H3,(H2-,32,33,34,35,36,37,39). The van der Waals surface area contributed by atoms with Gasteiger partial charge in [-0.05, 0) is 54.1 Å². The van der Waals surface area contributed by atoms with Crippen molar-refractivity contribution in [2.45, 2.75) is 31.0 Å². The van der Waals surface area contributed by atoms with Crippen LogP contribution in [0.2, 0.25) is 5.02 Å². The van der Waals surface area contributed by atoms with Gasteiger partial charge in [-0.2, -0.15) is 28.1 Å². The van der Waals surface area contributed by atoms with Gasteiger partial charge in [-0.15, -0.1) is 0 Å². The largest absolute Gasteiger partial charge is 0.858 e. The Labute approximate surface area is 235 Å². The van der Waals surface area contributed by atoms with Crippen molar-refractivity contribution in [1.82, 2.24) is 15.0 Å². The second-order valence-electron chi connectivity index (χ2n) is 10.6. The molecule has 1 aromatic heterocycles. The van der Waals surface area contributed by atoms with Gasteiger partial charge in [0.2, 0.25) is 11.9 Å². The highest BCUT2D eigenvalue weighted by molar-refractivity contribution is 6.30. The first-order valence-corrected chi connectivity index (χ1v) is 13.1. The fraction of sp³-hybridized carbons (Fsp3) is 0.407. The second kappa shape index (κ2) is 11.8. The van der Waals surface area contributed by atoms with Crippen molar-refractivity contribution in [3.8, 4) is 6.01 Å². The van der Waals surface area contributed by atoms with Crippen LogP contribution in [0.15, 0.2) is 53.5 Å². The minimum absolute atomic E-state index is 0.0225. The normalized spacial score (nSPS) is 15.0. The molecule has 0 saturated heterocycles. The number of benzene rings is 2. The third-order valence-corrected chi connectivity index (χ3v) is 6.36. The molecule has 1 aliphatic carbocycles. The summed E-state index contributed by atoms with van der Waals surface area (Å²) in [6, 6.07) is 13.3. The third kappa shape index (κ3) is 8.68. The number of aromatic nitrogens is 3. The van der Waals surface area contributed by atoms with Crippen LogP contribution < -0.4 is 20.5 Å². The molecule has 13 heteroatoms. The van der Waals surface area contributed by atoms with Crippen LogP contribution in [0.3, 0.4) is 0 Å². The maximum absolute atomic E-state index is 12.8. The Balaban J connectivity index is 1.49. The molecular formula is C27H31ClF3N7O2. The van der Waals surface area contributed by atoms with Gasteiger partial charge < -0.3 is 30.0 Å². The molecule has 0 unspecified atom stereocenters. The van der Waals surface area contributed by atoms with E-state index >= 15 is 0 Å². The summed E-state index contributed by atoms with van der Waals surface area (Å²) in [5.74, 6) is -0.286. The number of alkyl halides is 3. The highest BCUT2D eigenvalue weighted by Crippen LogP contribution is 2.48. The van der Waals surface area contributed by atoms with Crippen LogP contribution in [0, 0.1) is 0 Å². The molecule has 1 saturated carbocycles. The van der Waals surface area contributed by atoms with Gasteiger partial charge in [0.25, 0.3) is 0 Å². The van der Waals surface area contributed by atoms with E-state index in [4.69, 9.17) is 16.3 Å². The first-order chi connectivity index (χ1) is 18.8. The lowest BCUT2D eigenvalue weighted by Gasteiger charge is -2.23. The predicted molar refractivity (Wildman–Crippen MR) is 146 cm³/mol. The quantitative estimate of drug-likeness (QED) is 0.141. The number of hydrogen-bond acceptors (Lipinski definition) is 8. The molecule has 1 fully saturated rings. The monoisotopic (exact) mass is 577 g/mol. The van der Waals surface area contributed by atoms with E-state index in [1.807, 2.05) is 12.1 Å². The zero-order chi connectivity index (χ0) is 29.0. The van der Waals surface area contributed by atoms with E-state index in [-0.39, 0.29) is 17.8 Å². The maximum Gasteiger partial charge on any atom is 0.422 e. The van der Waals surface area contributed by atoms with Crippen LogP contribution in [-0.2, 0) is 5.54 Å². The van der Waals surface area contributed by atoms with E-state index in [2.05, 4.69) is 51.7 Å². The number of aliphatic imine (C=N–C) groups is 1. The average molecular weight is 578 g/mol. The molecule has 0 spiro atoms. The van der Waals surface area contributed by atoms with E-state index in [1.165, 1.54) is 0 Å². The predicted octanol–water partition coefficient (Wildman–Crippen LogP) is 4.51. The molecule has 40 heavy (non-hydrogen) atoms. The smallest absolute Gasteiger partial charge is 0.422 e. The number of hydrogen-bond donors (Lipinski definition) is 2. The van der Waals surface area contributed by atoms with E-state index in [0.29, 0.717) is 22.8 Å². The zero-order valence-corrected chi connectivity index (χ0v) is 23.2. The highest BCUT2D eigenvalue weighted by atomic mass is 35.5. The molecule has 0 bridgehead atoms. The second-order valence-corrected chi connectivity index (χ2v) is 11.1. The van der Waals surface area contributed by atoms with E-state index in [0.717, 1.165) is 35.9 Å². The van der Waals surface area contributed by atoms with Crippen molar-refractivity contribution >= 4 is 35.1 Å². The molecule has 9 nitrogen and oxygen atoms in total. The molecule has 1 aliphatic rings. The maximum atomic E-state index is 12.8. The Morgan fingerprint density at radius 3 is 2.27 bits per heavy atom. The Kier molecular flexibility index (Phi) is 8.69. The molecule has 0 amide bonds. The lowest BCUT2D eigenvalue weighted by atomic mass is 10.1. The fourth-order valence-corrected chi connectivity index (χ4v) is 4.04. The van der Waals surface area contributed by atoms with Crippen LogP contribution >= 0.6 is 11.6 Å². The molecule has 2 N–H and O–H groups in total. The average Bonchev–Trinajstić information content (AvgIpc) is 3.65. The van der Waals surface area contributed by atoms with Gasteiger partial charge in [0, 0.05) is 23.7 Å². The molecule has 1 heterocycles. The molecule has 0 aliphatic heterocycles. The molecular weight excluding hydrogens is 547 g/mol. The van der Waals surface area contributed by atoms with Crippen LogP contribution in [0.5, 0.6) is 6.01 Å². The van der Waals surface area contributed by atoms with Gasteiger partial charge in [-0.3, -0.25) is 0 Å². The van der Waals surface area contributed by atoms with Crippen LogP contribution in [0.4, 0.5) is 30.8 Å². The minimum atomic E-state index is -4.56.